The summed E-state index contributed by atoms with van der Waals surface area (Å²) < 4.78 is 7.53. The minimum Gasteiger partial charge on any atom is -0.377 e. The molecule has 0 aliphatic carbocycles. The quantitative estimate of drug-likeness (QED) is 0.733. The second-order valence-corrected chi connectivity index (χ2v) is 5.43. The Morgan fingerprint density at radius 1 is 1.37 bits per heavy atom. The van der Waals surface area contributed by atoms with Gasteiger partial charge in [-0.25, -0.2) is 4.98 Å². The van der Waals surface area contributed by atoms with Crippen molar-refractivity contribution in [2.45, 2.75) is 20.0 Å². The smallest absolute Gasteiger partial charge is 0.142 e. The predicted molar refractivity (Wildman–Crippen MR) is 76.5 cm³/mol. The number of hydrogen-bond acceptors (Lipinski definition) is 4. The number of thiazole rings is 1. The zero-order valence-electron chi connectivity index (χ0n) is 11.1. The first kappa shape index (κ1) is 12.3. The highest BCUT2D eigenvalue weighted by molar-refractivity contribution is 7.13. The van der Waals surface area contributed by atoms with E-state index in [1.165, 1.54) is 0 Å². The van der Waals surface area contributed by atoms with Crippen LogP contribution in [0.3, 0.4) is 0 Å². The van der Waals surface area contributed by atoms with Gasteiger partial charge in [0.1, 0.15) is 5.65 Å². The third-order valence-corrected chi connectivity index (χ3v) is 4.03. The molecule has 0 aliphatic rings. The molecular formula is C14H15N3OS. The van der Waals surface area contributed by atoms with E-state index in [0.29, 0.717) is 0 Å². The topological polar surface area (TPSA) is 39.4 Å². The summed E-state index contributed by atoms with van der Waals surface area (Å²) in [6.45, 7) is 4.04. The van der Waals surface area contributed by atoms with Crippen LogP contribution in [0.25, 0.3) is 16.1 Å². The molecule has 98 valence electrons. The molecule has 1 atom stereocenters. The van der Waals surface area contributed by atoms with E-state index in [2.05, 4.69) is 26.6 Å². The largest absolute Gasteiger partial charge is 0.377 e. The van der Waals surface area contributed by atoms with Crippen molar-refractivity contribution in [1.29, 1.82) is 0 Å². The number of fused-ring (bicyclic) bond motifs is 1. The van der Waals surface area contributed by atoms with Gasteiger partial charge < -0.3 is 9.14 Å². The van der Waals surface area contributed by atoms with Crippen LogP contribution >= 0.6 is 11.3 Å². The molecular weight excluding hydrogens is 258 g/mol. The van der Waals surface area contributed by atoms with Gasteiger partial charge in [-0.3, -0.25) is 4.98 Å². The van der Waals surface area contributed by atoms with Crippen LogP contribution in [-0.2, 0) is 4.74 Å². The second-order valence-electron chi connectivity index (χ2n) is 4.54. The minimum absolute atomic E-state index is 0.0113. The maximum absolute atomic E-state index is 5.46. The van der Waals surface area contributed by atoms with Gasteiger partial charge in [0.2, 0.25) is 0 Å². The summed E-state index contributed by atoms with van der Waals surface area (Å²) in [5, 5.41) is 0. The fourth-order valence-electron chi connectivity index (χ4n) is 2.17. The molecule has 0 saturated carbocycles. The van der Waals surface area contributed by atoms with Gasteiger partial charge in [-0.15, -0.1) is 11.3 Å². The number of rotatable bonds is 3. The molecule has 0 radical (unpaired) electrons. The van der Waals surface area contributed by atoms with Crippen LogP contribution in [-0.4, -0.2) is 21.5 Å². The number of aryl methyl sites for hydroxylation is 1. The van der Waals surface area contributed by atoms with E-state index in [1.54, 1.807) is 18.4 Å². The fourth-order valence-corrected chi connectivity index (χ4v) is 2.77. The van der Waals surface area contributed by atoms with Crippen LogP contribution in [0, 0.1) is 6.92 Å². The first-order valence-corrected chi connectivity index (χ1v) is 6.98. The molecule has 0 N–H and O–H groups in total. The molecule has 3 aromatic rings. The van der Waals surface area contributed by atoms with Crippen molar-refractivity contribution in [2.75, 3.05) is 7.11 Å². The van der Waals surface area contributed by atoms with Crippen LogP contribution in [0.2, 0.25) is 0 Å². The van der Waals surface area contributed by atoms with Crippen molar-refractivity contribution in [1.82, 2.24) is 14.4 Å². The Morgan fingerprint density at radius 3 is 2.89 bits per heavy atom. The molecule has 0 amide bonds. The second kappa shape index (κ2) is 4.75. The van der Waals surface area contributed by atoms with Crippen molar-refractivity contribution in [3.8, 4) is 10.4 Å². The number of nitrogens with zero attached hydrogens (tertiary/aromatic N) is 3. The first-order valence-electron chi connectivity index (χ1n) is 6.10. The van der Waals surface area contributed by atoms with Gasteiger partial charge in [-0.1, -0.05) is 0 Å². The van der Waals surface area contributed by atoms with Gasteiger partial charge in [0.05, 0.1) is 22.2 Å². The molecule has 0 saturated heterocycles. The van der Waals surface area contributed by atoms with E-state index in [0.717, 1.165) is 27.3 Å². The van der Waals surface area contributed by atoms with E-state index in [4.69, 9.17) is 4.74 Å². The van der Waals surface area contributed by atoms with Gasteiger partial charge in [-0.05, 0) is 19.9 Å². The van der Waals surface area contributed by atoms with E-state index < -0.39 is 0 Å². The highest BCUT2D eigenvalue weighted by Crippen LogP contribution is 2.29. The minimum atomic E-state index is 0.0113. The third-order valence-electron chi connectivity index (χ3n) is 3.21. The van der Waals surface area contributed by atoms with Crippen molar-refractivity contribution < 1.29 is 4.74 Å². The number of aromatic nitrogens is 3. The molecule has 0 unspecified atom stereocenters. The maximum Gasteiger partial charge on any atom is 0.142 e. The molecule has 3 aromatic heterocycles. The zero-order chi connectivity index (χ0) is 13.4. The number of pyridine rings is 1. The molecule has 4 nitrogen and oxygen atoms in total. The fraction of sp³-hybridized carbons (Fsp3) is 0.286. The Morgan fingerprint density at radius 2 is 2.21 bits per heavy atom. The van der Waals surface area contributed by atoms with Crippen molar-refractivity contribution in [3.05, 3.63) is 41.4 Å². The summed E-state index contributed by atoms with van der Waals surface area (Å²) in [7, 11) is 1.72. The standard InChI is InChI=1S/C14H15N3OS/c1-9-6-17-7-11(13-5-15-8-19-13)4-12(10(2)18-3)14(17)16-9/h4-8,10H,1-3H3/t10-/m1/s1. The Balaban J connectivity index is 2.26. The Hall–Kier alpha value is -1.72. The van der Waals surface area contributed by atoms with Crippen LogP contribution in [0.1, 0.15) is 24.3 Å². The van der Waals surface area contributed by atoms with E-state index >= 15 is 0 Å². The SMILES string of the molecule is CO[C@H](C)c1cc(-c2cncs2)cn2cc(C)nc12. The average molecular weight is 273 g/mol. The van der Waals surface area contributed by atoms with Crippen molar-refractivity contribution >= 4 is 17.0 Å². The van der Waals surface area contributed by atoms with Gasteiger partial charge in [0.15, 0.2) is 0 Å². The number of ether oxygens (including phenoxy) is 1. The van der Waals surface area contributed by atoms with Gasteiger partial charge in [0.25, 0.3) is 0 Å². The molecule has 3 heterocycles. The maximum atomic E-state index is 5.46. The normalized spacial score (nSPS) is 13.0. The summed E-state index contributed by atoms with van der Waals surface area (Å²) in [6.07, 6.45) is 6.02. The highest BCUT2D eigenvalue weighted by atomic mass is 32.1. The predicted octanol–water partition coefficient (Wildman–Crippen LogP) is 3.47. The highest BCUT2D eigenvalue weighted by Gasteiger charge is 2.14. The summed E-state index contributed by atoms with van der Waals surface area (Å²) in [5.74, 6) is 0. The lowest BCUT2D eigenvalue weighted by Crippen LogP contribution is -2.00. The Labute approximate surface area is 115 Å². The molecule has 0 aromatic carbocycles. The van der Waals surface area contributed by atoms with E-state index in [9.17, 15) is 0 Å². The summed E-state index contributed by atoms with van der Waals surface area (Å²) >= 11 is 1.63. The average Bonchev–Trinajstić information content (AvgIpc) is 3.03. The summed E-state index contributed by atoms with van der Waals surface area (Å²) in [5.41, 5.74) is 6.05. The van der Waals surface area contributed by atoms with E-state index in [-0.39, 0.29) is 6.10 Å². The summed E-state index contributed by atoms with van der Waals surface area (Å²) in [4.78, 5) is 9.87. The number of methoxy groups -OCH3 is 1. The van der Waals surface area contributed by atoms with Crippen molar-refractivity contribution in [2.24, 2.45) is 0 Å². The third kappa shape index (κ3) is 2.15. The number of imidazole rings is 1. The molecule has 19 heavy (non-hydrogen) atoms. The van der Waals surface area contributed by atoms with Crippen LogP contribution < -0.4 is 0 Å². The molecule has 0 fully saturated rings. The molecule has 0 aliphatic heterocycles. The lowest BCUT2D eigenvalue weighted by atomic mass is 10.1. The monoisotopic (exact) mass is 273 g/mol. The van der Waals surface area contributed by atoms with Crippen molar-refractivity contribution in [3.63, 3.8) is 0 Å². The van der Waals surface area contributed by atoms with Crippen LogP contribution in [0.5, 0.6) is 0 Å². The molecule has 0 spiro atoms. The van der Waals surface area contributed by atoms with Gasteiger partial charge in [0, 0.05) is 36.8 Å². The lowest BCUT2D eigenvalue weighted by molar-refractivity contribution is 0.120. The summed E-state index contributed by atoms with van der Waals surface area (Å²) in [6, 6.07) is 2.14. The number of hydrogen-bond donors (Lipinski definition) is 0. The molecule has 0 bridgehead atoms. The first-order chi connectivity index (χ1) is 9.19. The molecule has 5 heteroatoms. The Bertz CT molecular complexity index is 703. The molecule has 3 rings (SSSR count). The van der Waals surface area contributed by atoms with Gasteiger partial charge in [-0.2, -0.15) is 0 Å². The van der Waals surface area contributed by atoms with Gasteiger partial charge >= 0.3 is 0 Å². The van der Waals surface area contributed by atoms with Crippen LogP contribution in [0.4, 0.5) is 0 Å². The van der Waals surface area contributed by atoms with Crippen LogP contribution in [0.15, 0.2) is 30.2 Å². The van der Waals surface area contributed by atoms with E-state index in [1.807, 2.05) is 31.8 Å². The zero-order valence-corrected chi connectivity index (χ0v) is 11.9. The lowest BCUT2D eigenvalue weighted by Gasteiger charge is -2.12. The Kier molecular flexibility index (Phi) is 3.08.